The summed E-state index contributed by atoms with van der Waals surface area (Å²) >= 11 is 0. The molecule has 1 aliphatic carbocycles. The summed E-state index contributed by atoms with van der Waals surface area (Å²) in [6.07, 6.45) is 0.266. The van der Waals surface area contributed by atoms with E-state index in [1.165, 1.54) is 0 Å². The van der Waals surface area contributed by atoms with Gasteiger partial charge in [-0.05, 0) is 18.4 Å². The summed E-state index contributed by atoms with van der Waals surface area (Å²) in [6, 6.07) is 0. The number of likely N-dealkylation sites (tertiary alicyclic amines) is 1. The standard InChI is InChI=1S/C9H15F2N/c1-2-12-5-7-3-9(10,11)4-8(7)6-12/h7-8H,2-6H2,1H3/t7-,8+. The van der Waals surface area contributed by atoms with Crippen LogP contribution in [-0.4, -0.2) is 30.5 Å². The SMILES string of the molecule is CCN1C[C@@H]2CC(F)(F)C[C@@H]2C1. The molecule has 70 valence electrons. The maximum absolute atomic E-state index is 12.9. The molecule has 0 aromatic heterocycles. The Kier molecular flexibility index (Phi) is 1.86. The molecule has 1 saturated carbocycles. The van der Waals surface area contributed by atoms with E-state index < -0.39 is 5.92 Å². The molecule has 2 fully saturated rings. The fourth-order valence-electron chi connectivity index (χ4n) is 2.61. The van der Waals surface area contributed by atoms with Gasteiger partial charge in [-0.25, -0.2) is 8.78 Å². The molecule has 12 heavy (non-hydrogen) atoms. The highest BCUT2D eigenvalue weighted by molar-refractivity contribution is 4.95. The Morgan fingerprint density at radius 2 is 1.75 bits per heavy atom. The highest BCUT2D eigenvalue weighted by Gasteiger charge is 2.49. The van der Waals surface area contributed by atoms with Gasteiger partial charge in [0.25, 0.3) is 0 Å². The topological polar surface area (TPSA) is 3.24 Å². The summed E-state index contributed by atoms with van der Waals surface area (Å²) < 4.78 is 25.8. The molecule has 1 nitrogen and oxygen atoms in total. The number of halogens is 2. The summed E-state index contributed by atoms with van der Waals surface area (Å²) in [5.74, 6) is -1.80. The minimum absolute atomic E-state index is 0.133. The van der Waals surface area contributed by atoms with Crippen molar-refractivity contribution in [2.45, 2.75) is 25.7 Å². The minimum Gasteiger partial charge on any atom is -0.303 e. The Labute approximate surface area is 71.7 Å². The molecule has 3 heteroatoms. The first-order chi connectivity index (χ1) is 5.61. The van der Waals surface area contributed by atoms with Crippen LogP contribution >= 0.6 is 0 Å². The van der Waals surface area contributed by atoms with Crippen molar-refractivity contribution in [3.8, 4) is 0 Å². The summed E-state index contributed by atoms with van der Waals surface area (Å²) in [4.78, 5) is 2.28. The van der Waals surface area contributed by atoms with E-state index in [-0.39, 0.29) is 24.7 Å². The molecule has 0 aromatic rings. The first-order valence-electron chi connectivity index (χ1n) is 4.71. The average molecular weight is 175 g/mol. The van der Waals surface area contributed by atoms with Gasteiger partial charge in [0.15, 0.2) is 0 Å². The fourth-order valence-corrected chi connectivity index (χ4v) is 2.61. The van der Waals surface area contributed by atoms with Gasteiger partial charge in [0, 0.05) is 25.9 Å². The lowest BCUT2D eigenvalue weighted by atomic mass is 10.0. The van der Waals surface area contributed by atoms with Crippen LogP contribution in [-0.2, 0) is 0 Å². The van der Waals surface area contributed by atoms with Crippen molar-refractivity contribution in [1.82, 2.24) is 4.90 Å². The molecule has 0 aromatic carbocycles. The zero-order chi connectivity index (χ0) is 8.77. The minimum atomic E-state index is -2.35. The lowest BCUT2D eigenvalue weighted by Crippen LogP contribution is -2.24. The van der Waals surface area contributed by atoms with Gasteiger partial charge in [-0.3, -0.25) is 0 Å². The van der Waals surface area contributed by atoms with Crippen LogP contribution in [0, 0.1) is 11.8 Å². The molecular weight excluding hydrogens is 160 g/mol. The summed E-state index contributed by atoms with van der Waals surface area (Å²) in [5, 5.41) is 0. The summed E-state index contributed by atoms with van der Waals surface area (Å²) in [6.45, 7) is 4.91. The van der Waals surface area contributed by atoms with Gasteiger partial charge in [-0.1, -0.05) is 6.92 Å². The largest absolute Gasteiger partial charge is 0.303 e. The first kappa shape index (κ1) is 8.42. The van der Waals surface area contributed by atoms with Gasteiger partial charge in [0.05, 0.1) is 0 Å². The molecule has 2 rings (SSSR count). The number of hydrogen-bond acceptors (Lipinski definition) is 1. The van der Waals surface area contributed by atoms with E-state index >= 15 is 0 Å². The molecular formula is C9H15F2N. The second kappa shape index (κ2) is 2.66. The van der Waals surface area contributed by atoms with Crippen molar-refractivity contribution in [2.75, 3.05) is 19.6 Å². The van der Waals surface area contributed by atoms with Crippen LogP contribution in [0.25, 0.3) is 0 Å². The Morgan fingerprint density at radius 1 is 1.25 bits per heavy atom. The number of alkyl halides is 2. The Bertz CT molecular complexity index is 165. The summed E-state index contributed by atoms with van der Waals surface area (Å²) in [5.41, 5.74) is 0. The lowest BCUT2D eigenvalue weighted by molar-refractivity contribution is -0.00240. The normalized spacial score (nSPS) is 40.2. The van der Waals surface area contributed by atoms with Crippen molar-refractivity contribution >= 4 is 0 Å². The van der Waals surface area contributed by atoms with Crippen LogP contribution in [0.1, 0.15) is 19.8 Å². The molecule has 2 aliphatic rings. The van der Waals surface area contributed by atoms with E-state index in [0.29, 0.717) is 0 Å². The van der Waals surface area contributed by atoms with Crippen LogP contribution in [0.15, 0.2) is 0 Å². The molecule has 2 atom stereocenters. The van der Waals surface area contributed by atoms with Gasteiger partial charge in [0.1, 0.15) is 0 Å². The van der Waals surface area contributed by atoms with Crippen LogP contribution in [0.4, 0.5) is 8.78 Å². The predicted molar refractivity (Wildman–Crippen MR) is 43.3 cm³/mol. The van der Waals surface area contributed by atoms with Gasteiger partial charge in [-0.2, -0.15) is 0 Å². The fraction of sp³-hybridized carbons (Fsp3) is 1.00. The van der Waals surface area contributed by atoms with Crippen molar-refractivity contribution in [3.63, 3.8) is 0 Å². The number of nitrogens with zero attached hydrogens (tertiary/aromatic N) is 1. The van der Waals surface area contributed by atoms with Gasteiger partial charge < -0.3 is 4.90 Å². The molecule has 0 unspecified atom stereocenters. The molecule has 0 spiro atoms. The number of rotatable bonds is 1. The Morgan fingerprint density at radius 3 is 2.17 bits per heavy atom. The molecule has 0 amide bonds. The number of fused-ring (bicyclic) bond motifs is 1. The molecule has 0 N–H and O–H groups in total. The molecule has 1 heterocycles. The quantitative estimate of drug-likeness (QED) is 0.589. The Hall–Kier alpha value is -0.180. The maximum atomic E-state index is 12.9. The van der Waals surface area contributed by atoms with Crippen molar-refractivity contribution < 1.29 is 8.78 Å². The van der Waals surface area contributed by atoms with Crippen LogP contribution < -0.4 is 0 Å². The van der Waals surface area contributed by atoms with E-state index in [4.69, 9.17) is 0 Å². The lowest BCUT2D eigenvalue weighted by Gasteiger charge is -2.16. The van der Waals surface area contributed by atoms with Crippen molar-refractivity contribution in [1.29, 1.82) is 0 Å². The predicted octanol–water partition coefficient (Wildman–Crippen LogP) is 1.98. The molecule has 1 aliphatic heterocycles. The smallest absolute Gasteiger partial charge is 0.248 e. The summed E-state index contributed by atoms with van der Waals surface area (Å²) in [7, 11) is 0. The third-order valence-electron chi connectivity index (χ3n) is 3.22. The molecule has 0 radical (unpaired) electrons. The van der Waals surface area contributed by atoms with E-state index in [1.54, 1.807) is 0 Å². The van der Waals surface area contributed by atoms with E-state index in [0.717, 1.165) is 19.6 Å². The Balaban J connectivity index is 1.97. The monoisotopic (exact) mass is 175 g/mol. The second-order valence-corrected chi connectivity index (χ2v) is 4.14. The molecule has 1 saturated heterocycles. The van der Waals surface area contributed by atoms with Crippen LogP contribution in [0.2, 0.25) is 0 Å². The highest BCUT2D eigenvalue weighted by atomic mass is 19.3. The third-order valence-corrected chi connectivity index (χ3v) is 3.22. The van der Waals surface area contributed by atoms with Crippen LogP contribution in [0.3, 0.4) is 0 Å². The highest BCUT2D eigenvalue weighted by Crippen LogP contribution is 2.46. The van der Waals surface area contributed by atoms with E-state index in [1.807, 2.05) is 0 Å². The van der Waals surface area contributed by atoms with E-state index in [9.17, 15) is 8.78 Å². The van der Waals surface area contributed by atoms with Gasteiger partial charge in [-0.15, -0.1) is 0 Å². The van der Waals surface area contributed by atoms with Gasteiger partial charge >= 0.3 is 0 Å². The van der Waals surface area contributed by atoms with Crippen molar-refractivity contribution in [3.05, 3.63) is 0 Å². The third kappa shape index (κ3) is 1.35. The van der Waals surface area contributed by atoms with Crippen LogP contribution in [0.5, 0.6) is 0 Å². The zero-order valence-electron chi connectivity index (χ0n) is 7.39. The first-order valence-corrected chi connectivity index (χ1v) is 4.71. The molecule has 0 bridgehead atoms. The second-order valence-electron chi connectivity index (χ2n) is 4.14. The van der Waals surface area contributed by atoms with Crippen molar-refractivity contribution in [2.24, 2.45) is 11.8 Å². The van der Waals surface area contributed by atoms with E-state index in [2.05, 4.69) is 11.8 Å². The number of hydrogen-bond donors (Lipinski definition) is 0. The maximum Gasteiger partial charge on any atom is 0.248 e. The zero-order valence-corrected chi connectivity index (χ0v) is 7.39. The average Bonchev–Trinajstić information content (AvgIpc) is 2.40. The van der Waals surface area contributed by atoms with Gasteiger partial charge in [0.2, 0.25) is 5.92 Å².